The molecule has 112 valence electrons. The molecule has 1 aromatic carbocycles. The zero-order valence-electron chi connectivity index (χ0n) is 12.8. The summed E-state index contributed by atoms with van der Waals surface area (Å²) in [5.41, 5.74) is 0.703. The van der Waals surface area contributed by atoms with Crippen LogP contribution in [0.2, 0.25) is 0 Å². The molecule has 20 heavy (non-hydrogen) atoms. The Morgan fingerprint density at radius 1 is 1.15 bits per heavy atom. The highest BCUT2D eigenvalue weighted by atomic mass is 16.5. The number of aliphatic carboxylic acids is 1. The van der Waals surface area contributed by atoms with Crippen LogP contribution in [0.25, 0.3) is 0 Å². The normalized spacial score (nSPS) is 11.3. The first-order valence-corrected chi connectivity index (χ1v) is 7.53. The summed E-state index contributed by atoms with van der Waals surface area (Å²) >= 11 is 0. The van der Waals surface area contributed by atoms with E-state index in [1.807, 2.05) is 26.0 Å². The van der Waals surface area contributed by atoms with E-state index in [0.717, 1.165) is 18.6 Å². The van der Waals surface area contributed by atoms with E-state index < -0.39 is 11.4 Å². The molecule has 0 heterocycles. The van der Waals surface area contributed by atoms with Crippen molar-refractivity contribution in [2.24, 2.45) is 5.41 Å². The highest BCUT2D eigenvalue weighted by molar-refractivity contribution is 5.74. The Morgan fingerprint density at radius 2 is 1.75 bits per heavy atom. The van der Waals surface area contributed by atoms with Crippen LogP contribution in [0.3, 0.4) is 0 Å². The molecule has 0 bridgehead atoms. The van der Waals surface area contributed by atoms with Gasteiger partial charge in [-0.25, -0.2) is 0 Å². The van der Waals surface area contributed by atoms with Crippen molar-refractivity contribution < 1.29 is 14.6 Å². The van der Waals surface area contributed by atoms with Gasteiger partial charge in [0.05, 0.1) is 12.0 Å². The van der Waals surface area contributed by atoms with Crippen molar-refractivity contribution in [1.29, 1.82) is 0 Å². The predicted octanol–water partition coefficient (Wildman–Crippen LogP) is 4.30. The molecule has 0 saturated carbocycles. The van der Waals surface area contributed by atoms with Crippen LogP contribution in [0, 0.1) is 5.41 Å². The summed E-state index contributed by atoms with van der Waals surface area (Å²) in [5, 5.41) is 9.36. The van der Waals surface area contributed by atoms with Crippen LogP contribution in [0.15, 0.2) is 24.3 Å². The van der Waals surface area contributed by atoms with Gasteiger partial charge >= 0.3 is 5.97 Å². The maximum atomic E-state index is 11.4. The zero-order chi connectivity index (χ0) is 15.0. The minimum absolute atomic E-state index is 0.570. The summed E-state index contributed by atoms with van der Waals surface area (Å²) in [6.07, 6.45) is 3.80. The van der Waals surface area contributed by atoms with Crippen molar-refractivity contribution >= 4 is 5.97 Å². The monoisotopic (exact) mass is 278 g/mol. The Hall–Kier alpha value is -1.51. The Kier molecular flexibility index (Phi) is 6.56. The molecule has 3 nitrogen and oxygen atoms in total. The van der Waals surface area contributed by atoms with Crippen LogP contribution in [-0.2, 0) is 11.2 Å². The Balaban J connectivity index is 2.41. The SMILES string of the molecule is CCc1ccc(OCCCC(CC)(CC)C(=O)O)cc1. The summed E-state index contributed by atoms with van der Waals surface area (Å²) in [6, 6.07) is 8.08. The van der Waals surface area contributed by atoms with E-state index >= 15 is 0 Å². The maximum Gasteiger partial charge on any atom is 0.309 e. The van der Waals surface area contributed by atoms with Gasteiger partial charge in [-0.1, -0.05) is 32.9 Å². The lowest BCUT2D eigenvalue weighted by molar-refractivity contribution is -0.150. The molecule has 0 aliphatic rings. The van der Waals surface area contributed by atoms with Crippen LogP contribution in [0.1, 0.15) is 52.0 Å². The van der Waals surface area contributed by atoms with Crippen LogP contribution in [0.4, 0.5) is 0 Å². The third kappa shape index (κ3) is 4.26. The molecule has 0 spiro atoms. The average molecular weight is 278 g/mol. The fourth-order valence-corrected chi connectivity index (χ4v) is 2.43. The second kappa shape index (κ2) is 7.93. The second-order valence-corrected chi connectivity index (χ2v) is 5.24. The van der Waals surface area contributed by atoms with E-state index in [9.17, 15) is 9.90 Å². The molecule has 1 N–H and O–H groups in total. The minimum Gasteiger partial charge on any atom is -0.494 e. The lowest BCUT2D eigenvalue weighted by atomic mass is 9.78. The van der Waals surface area contributed by atoms with Gasteiger partial charge in [0.1, 0.15) is 5.75 Å². The van der Waals surface area contributed by atoms with Crippen LogP contribution >= 0.6 is 0 Å². The average Bonchev–Trinajstić information content (AvgIpc) is 2.48. The number of rotatable bonds is 9. The summed E-state index contributed by atoms with van der Waals surface area (Å²) in [6.45, 7) is 6.58. The molecular formula is C17H26O3. The molecule has 1 rings (SSSR count). The van der Waals surface area contributed by atoms with Gasteiger partial charge in [-0.3, -0.25) is 4.79 Å². The topological polar surface area (TPSA) is 46.5 Å². The Labute approximate surface area is 122 Å². The molecule has 0 radical (unpaired) electrons. The summed E-state index contributed by atoms with van der Waals surface area (Å²) in [7, 11) is 0. The highest BCUT2D eigenvalue weighted by Gasteiger charge is 2.33. The largest absolute Gasteiger partial charge is 0.494 e. The van der Waals surface area contributed by atoms with E-state index in [2.05, 4.69) is 19.1 Å². The Morgan fingerprint density at radius 3 is 2.20 bits per heavy atom. The van der Waals surface area contributed by atoms with Gasteiger partial charge in [-0.2, -0.15) is 0 Å². The van der Waals surface area contributed by atoms with E-state index in [0.29, 0.717) is 25.9 Å². The van der Waals surface area contributed by atoms with Crippen LogP contribution in [-0.4, -0.2) is 17.7 Å². The number of carbonyl (C=O) groups is 1. The number of ether oxygens (including phenoxy) is 1. The van der Waals surface area contributed by atoms with E-state index in [-0.39, 0.29) is 0 Å². The third-order valence-corrected chi connectivity index (χ3v) is 4.21. The summed E-state index contributed by atoms with van der Waals surface area (Å²) in [4.78, 5) is 11.4. The van der Waals surface area contributed by atoms with Gasteiger partial charge < -0.3 is 9.84 Å². The predicted molar refractivity (Wildman–Crippen MR) is 81.2 cm³/mol. The van der Waals surface area contributed by atoms with Crippen LogP contribution < -0.4 is 4.74 Å². The van der Waals surface area contributed by atoms with E-state index in [4.69, 9.17) is 4.74 Å². The third-order valence-electron chi connectivity index (χ3n) is 4.21. The second-order valence-electron chi connectivity index (χ2n) is 5.24. The van der Waals surface area contributed by atoms with Gasteiger partial charge in [0, 0.05) is 0 Å². The number of carboxylic acid groups (broad SMARTS) is 1. The minimum atomic E-state index is -0.685. The Bertz CT molecular complexity index is 405. The van der Waals surface area contributed by atoms with Gasteiger partial charge in [0.15, 0.2) is 0 Å². The van der Waals surface area contributed by atoms with Gasteiger partial charge in [0.2, 0.25) is 0 Å². The summed E-state index contributed by atoms with van der Waals surface area (Å²) < 4.78 is 5.68. The smallest absolute Gasteiger partial charge is 0.309 e. The first-order chi connectivity index (χ1) is 9.57. The van der Waals surface area contributed by atoms with E-state index in [1.54, 1.807) is 0 Å². The molecule has 0 aliphatic heterocycles. The van der Waals surface area contributed by atoms with Crippen molar-refractivity contribution in [3.8, 4) is 5.75 Å². The molecule has 0 amide bonds. The van der Waals surface area contributed by atoms with Crippen molar-refractivity contribution in [2.45, 2.75) is 52.9 Å². The number of benzene rings is 1. The molecule has 0 aliphatic carbocycles. The number of hydrogen-bond donors (Lipinski definition) is 1. The molecule has 0 unspecified atom stereocenters. The number of aryl methyl sites for hydroxylation is 1. The first-order valence-electron chi connectivity index (χ1n) is 7.53. The number of hydrogen-bond acceptors (Lipinski definition) is 2. The highest BCUT2D eigenvalue weighted by Crippen LogP contribution is 2.32. The van der Waals surface area contributed by atoms with Crippen LogP contribution in [0.5, 0.6) is 5.75 Å². The lowest BCUT2D eigenvalue weighted by Gasteiger charge is -2.26. The standard InChI is InChI=1S/C17H26O3/c1-4-14-8-10-15(11-9-14)20-13-7-12-17(5-2,6-3)16(18)19/h8-11H,4-7,12-13H2,1-3H3,(H,18,19). The molecule has 3 heteroatoms. The summed E-state index contributed by atoms with van der Waals surface area (Å²) in [5.74, 6) is 0.172. The van der Waals surface area contributed by atoms with Crippen molar-refractivity contribution in [3.05, 3.63) is 29.8 Å². The molecule has 0 atom stereocenters. The molecule has 1 aromatic rings. The lowest BCUT2D eigenvalue weighted by Crippen LogP contribution is -2.30. The van der Waals surface area contributed by atoms with Gasteiger partial charge in [-0.15, -0.1) is 0 Å². The quantitative estimate of drug-likeness (QED) is 0.685. The molecule has 0 aromatic heterocycles. The molecular weight excluding hydrogens is 252 g/mol. The first kappa shape index (κ1) is 16.5. The van der Waals surface area contributed by atoms with Crippen molar-refractivity contribution in [1.82, 2.24) is 0 Å². The van der Waals surface area contributed by atoms with Crippen molar-refractivity contribution in [3.63, 3.8) is 0 Å². The fourth-order valence-electron chi connectivity index (χ4n) is 2.43. The van der Waals surface area contributed by atoms with Gasteiger partial charge in [0.25, 0.3) is 0 Å². The number of carboxylic acids is 1. The zero-order valence-corrected chi connectivity index (χ0v) is 12.8. The molecule has 0 fully saturated rings. The van der Waals surface area contributed by atoms with Gasteiger partial charge in [-0.05, 0) is 49.8 Å². The van der Waals surface area contributed by atoms with E-state index in [1.165, 1.54) is 5.56 Å². The van der Waals surface area contributed by atoms with Crippen molar-refractivity contribution in [2.75, 3.05) is 6.61 Å². The maximum absolute atomic E-state index is 11.4. The fraction of sp³-hybridized carbons (Fsp3) is 0.588. The molecule has 0 saturated heterocycles.